The van der Waals surface area contributed by atoms with Crippen molar-refractivity contribution in [1.29, 1.82) is 0 Å². The molecule has 152 valence electrons. The van der Waals surface area contributed by atoms with Crippen molar-refractivity contribution in [1.82, 2.24) is 0 Å². The van der Waals surface area contributed by atoms with Gasteiger partial charge in [0.05, 0.1) is 5.02 Å². The Morgan fingerprint density at radius 1 is 1.21 bits per heavy atom. The molecule has 1 aliphatic rings. The summed E-state index contributed by atoms with van der Waals surface area (Å²) < 4.78 is 20.6. The predicted molar refractivity (Wildman–Crippen MR) is 99.4 cm³/mol. The summed E-state index contributed by atoms with van der Waals surface area (Å²) in [7, 11) is 0. The number of rotatable bonds is 6. The summed E-state index contributed by atoms with van der Waals surface area (Å²) in [6.07, 6.45) is 1.17. The number of anilines is 1. The van der Waals surface area contributed by atoms with E-state index >= 15 is 0 Å². The van der Waals surface area contributed by atoms with E-state index in [-0.39, 0.29) is 23.0 Å². The van der Waals surface area contributed by atoms with Gasteiger partial charge in [0, 0.05) is 25.7 Å². The van der Waals surface area contributed by atoms with Crippen LogP contribution >= 0.6 is 11.6 Å². The van der Waals surface area contributed by atoms with Crippen LogP contribution in [0.2, 0.25) is 5.02 Å². The summed E-state index contributed by atoms with van der Waals surface area (Å²) >= 11 is 6.17. The number of carboxylic acids is 1. The number of furan rings is 1. The van der Waals surface area contributed by atoms with Gasteiger partial charge in [-0.25, -0.2) is 14.4 Å². The molecule has 0 atom stereocenters. The first kappa shape index (κ1) is 20.3. The molecule has 29 heavy (non-hydrogen) atoms. The molecule has 2 heterocycles. The maximum Gasteiger partial charge on any atom is 0.371 e. The number of ether oxygens (including phenoxy) is 3. The summed E-state index contributed by atoms with van der Waals surface area (Å²) in [5, 5.41) is 11.9. The molecule has 0 spiro atoms. The van der Waals surface area contributed by atoms with Crippen molar-refractivity contribution in [2.45, 2.75) is 26.2 Å². The van der Waals surface area contributed by atoms with Crippen molar-refractivity contribution in [3.05, 3.63) is 58.6 Å². The molecule has 0 amide bonds. The van der Waals surface area contributed by atoms with Crippen molar-refractivity contribution in [2.75, 3.05) is 5.32 Å². The summed E-state index contributed by atoms with van der Waals surface area (Å²) in [4.78, 5) is 34.6. The molecule has 1 aromatic heterocycles. The summed E-state index contributed by atoms with van der Waals surface area (Å²) in [5.41, 5.74) is 0.194. The summed E-state index contributed by atoms with van der Waals surface area (Å²) in [5.74, 6) is -3.63. The number of esters is 2. The minimum Gasteiger partial charge on any atom is -0.484 e. The lowest BCUT2D eigenvalue weighted by Gasteiger charge is -2.29. The van der Waals surface area contributed by atoms with Crippen LogP contribution in [0.25, 0.3) is 0 Å². The van der Waals surface area contributed by atoms with Crippen LogP contribution in [0.15, 0.2) is 46.5 Å². The number of cyclic esters (lactones) is 2. The Morgan fingerprint density at radius 2 is 1.90 bits per heavy atom. The molecule has 0 bridgehead atoms. The normalized spacial score (nSPS) is 15.3. The van der Waals surface area contributed by atoms with Crippen molar-refractivity contribution < 1.29 is 38.1 Å². The van der Waals surface area contributed by atoms with E-state index in [1.165, 1.54) is 38.2 Å². The Bertz CT molecular complexity index is 985. The molecule has 1 saturated heterocycles. The van der Waals surface area contributed by atoms with Gasteiger partial charge >= 0.3 is 17.9 Å². The molecule has 0 saturated carbocycles. The highest BCUT2D eigenvalue weighted by atomic mass is 35.5. The average Bonchev–Trinajstić information content (AvgIpc) is 3.08. The van der Waals surface area contributed by atoms with E-state index in [1.54, 1.807) is 12.1 Å². The van der Waals surface area contributed by atoms with Gasteiger partial charge in [0.1, 0.15) is 18.1 Å². The Kier molecular flexibility index (Phi) is 5.51. The third-order valence-corrected chi connectivity index (χ3v) is 3.97. The average molecular weight is 422 g/mol. The van der Waals surface area contributed by atoms with Crippen LogP contribution in [0, 0.1) is 0 Å². The van der Waals surface area contributed by atoms with Crippen LogP contribution in [0.4, 0.5) is 5.69 Å². The van der Waals surface area contributed by atoms with Gasteiger partial charge in [-0.3, -0.25) is 0 Å². The third kappa shape index (κ3) is 4.88. The number of halogens is 1. The zero-order chi connectivity index (χ0) is 21.2. The van der Waals surface area contributed by atoms with Crippen molar-refractivity contribution >= 4 is 35.2 Å². The largest absolute Gasteiger partial charge is 0.484 e. The van der Waals surface area contributed by atoms with E-state index < -0.39 is 23.7 Å². The predicted octanol–water partition coefficient (Wildman–Crippen LogP) is 3.34. The number of carbonyl (C=O) groups is 3. The quantitative estimate of drug-likeness (QED) is 0.410. The molecule has 2 aromatic rings. The maximum absolute atomic E-state index is 11.9. The lowest BCUT2D eigenvalue weighted by Crippen LogP contribution is -2.42. The SMILES string of the molecule is CC1(C)OC(=O)C(=CNc2ccc(OCc3ccc(C(=O)O)o3)c(Cl)c2)C(=O)O1. The highest BCUT2D eigenvalue weighted by Gasteiger charge is 2.38. The number of carbonyl (C=O) groups excluding carboxylic acids is 2. The Balaban J connectivity index is 1.64. The highest BCUT2D eigenvalue weighted by Crippen LogP contribution is 2.29. The molecule has 0 aliphatic carbocycles. The van der Waals surface area contributed by atoms with Gasteiger partial charge < -0.3 is 29.1 Å². The Morgan fingerprint density at radius 3 is 2.48 bits per heavy atom. The van der Waals surface area contributed by atoms with Crippen LogP contribution in [0.1, 0.15) is 30.2 Å². The highest BCUT2D eigenvalue weighted by molar-refractivity contribution is 6.32. The first-order valence-electron chi connectivity index (χ1n) is 8.32. The fourth-order valence-electron chi connectivity index (χ4n) is 2.36. The van der Waals surface area contributed by atoms with Gasteiger partial charge in [-0.15, -0.1) is 0 Å². The van der Waals surface area contributed by atoms with Gasteiger partial charge in [-0.05, 0) is 30.3 Å². The van der Waals surface area contributed by atoms with Gasteiger partial charge in [0.2, 0.25) is 5.76 Å². The van der Waals surface area contributed by atoms with E-state index in [0.717, 1.165) is 0 Å². The monoisotopic (exact) mass is 421 g/mol. The van der Waals surface area contributed by atoms with Gasteiger partial charge in [0.15, 0.2) is 5.57 Å². The second-order valence-electron chi connectivity index (χ2n) is 6.39. The van der Waals surface area contributed by atoms with Crippen LogP contribution in [0.5, 0.6) is 5.75 Å². The van der Waals surface area contributed by atoms with Crippen LogP contribution in [-0.2, 0) is 25.7 Å². The van der Waals surface area contributed by atoms with Gasteiger partial charge in [0.25, 0.3) is 5.79 Å². The molecular weight excluding hydrogens is 406 g/mol. The maximum atomic E-state index is 11.9. The molecule has 9 nitrogen and oxygen atoms in total. The number of nitrogens with one attached hydrogen (secondary N) is 1. The lowest BCUT2D eigenvalue weighted by atomic mass is 10.2. The first-order valence-corrected chi connectivity index (χ1v) is 8.70. The van der Waals surface area contributed by atoms with Crippen molar-refractivity contribution in [3.63, 3.8) is 0 Å². The van der Waals surface area contributed by atoms with Crippen molar-refractivity contribution in [2.24, 2.45) is 0 Å². The molecule has 10 heteroatoms. The molecule has 0 radical (unpaired) electrons. The number of aromatic carboxylic acids is 1. The first-order chi connectivity index (χ1) is 13.6. The van der Waals surface area contributed by atoms with E-state index in [4.69, 9.17) is 35.3 Å². The summed E-state index contributed by atoms with van der Waals surface area (Å²) in [6, 6.07) is 7.49. The van der Waals surface area contributed by atoms with Crippen molar-refractivity contribution in [3.8, 4) is 5.75 Å². The molecule has 1 aromatic carbocycles. The van der Waals surface area contributed by atoms with Crippen LogP contribution in [0.3, 0.4) is 0 Å². The van der Waals surface area contributed by atoms with Gasteiger partial charge in [-0.2, -0.15) is 0 Å². The molecule has 0 unspecified atom stereocenters. The Hall–Kier alpha value is -3.46. The fourth-order valence-corrected chi connectivity index (χ4v) is 2.60. The minimum absolute atomic E-state index is 0.0166. The minimum atomic E-state index is -1.31. The van der Waals surface area contributed by atoms with Crippen LogP contribution < -0.4 is 10.1 Å². The molecule has 3 rings (SSSR count). The molecule has 1 aliphatic heterocycles. The fraction of sp³-hybridized carbons (Fsp3) is 0.211. The molecule has 2 N–H and O–H groups in total. The number of benzene rings is 1. The zero-order valence-electron chi connectivity index (χ0n) is 15.4. The van der Waals surface area contributed by atoms with E-state index in [1.807, 2.05) is 0 Å². The number of hydrogen-bond donors (Lipinski definition) is 2. The van der Waals surface area contributed by atoms with E-state index in [0.29, 0.717) is 17.2 Å². The van der Waals surface area contributed by atoms with Gasteiger partial charge in [-0.1, -0.05) is 11.6 Å². The topological polar surface area (TPSA) is 124 Å². The zero-order valence-corrected chi connectivity index (χ0v) is 16.1. The smallest absolute Gasteiger partial charge is 0.371 e. The number of carboxylic acid groups (broad SMARTS) is 1. The molecular formula is C19H16ClNO8. The summed E-state index contributed by atoms with van der Waals surface area (Å²) in [6.45, 7) is 2.89. The Labute approximate surface area is 169 Å². The third-order valence-electron chi connectivity index (χ3n) is 3.67. The van der Waals surface area contributed by atoms with E-state index in [2.05, 4.69) is 5.32 Å². The van der Waals surface area contributed by atoms with E-state index in [9.17, 15) is 14.4 Å². The second-order valence-corrected chi connectivity index (χ2v) is 6.79. The standard InChI is InChI=1S/C19H16ClNO8/c1-19(2)28-17(24)12(18(25)29-19)8-21-10-3-5-14(13(20)7-10)26-9-11-4-6-15(27-11)16(22)23/h3-8,21H,9H2,1-2H3,(H,22,23). The molecule has 1 fully saturated rings. The number of hydrogen-bond acceptors (Lipinski definition) is 8. The van der Waals surface area contributed by atoms with Crippen LogP contribution in [-0.4, -0.2) is 28.8 Å². The second kappa shape index (κ2) is 7.88. The lowest BCUT2D eigenvalue weighted by molar-refractivity contribution is -0.222.